The van der Waals surface area contributed by atoms with Crippen LogP contribution in [-0.2, 0) is 9.47 Å². The molecule has 11 heteroatoms. The molecule has 3 rings (SSSR count). The van der Waals surface area contributed by atoms with Gasteiger partial charge in [0.25, 0.3) is 0 Å². The van der Waals surface area contributed by atoms with Gasteiger partial charge in [0, 0.05) is 12.5 Å². The molecule has 2 aromatic rings. The topological polar surface area (TPSA) is 137 Å². The second-order valence-corrected chi connectivity index (χ2v) is 6.43. The molecule has 0 aliphatic carbocycles. The van der Waals surface area contributed by atoms with E-state index >= 15 is 0 Å². The van der Waals surface area contributed by atoms with Crippen molar-refractivity contribution in [2.24, 2.45) is 0 Å². The van der Waals surface area contributed by atoms with E-state index in [4.69, 9.17) is 21.6 Å². The number of terminal acetylenes is 1. The van der Waals surface area contributed by atoms with Gasteiger partial charge < -0.3 is 25.6 Å². The predicted octanol–water partition coefficient (Wildman–Crippen LogP) is 0.334. The van der Waals surface area contributed by atoms with Crippen LogP contribution in [0.1, 0.15) is 26.5 Å². The molecule has 1 aliphatic heterocycles. The van der Waals surface area contributed by atoms with Crippen LogP contribution >= 0.6 is 0 Å². The van der Waals surface area contributed by atoms with Crippen LogP contribution in [0.15, 0.2) is 6.33 Å². The molecule has 1 aliphatic rings. The summed E-state index contributed by atoms with van der Waals surface area (Å²) in [6.07, 6.45) is 3.28. The van der Waals surface area contributed by atoms with E-state index in [0.717, 1.165) is 0 Å². The molecule has 0 spiro atoms. The first-order valence-electron chi connectivity index (χ1n) is 8.18. The number of hydrogen-bond acceptors (Lipinski definition) is 8. The maximum absolute atomic E-state index is 13.5. The van der Waals surface area contributed by atoms with Crippen LogP contribution in [0.5, 0.6) is 0 Å². The lowest BCUT2D eigenvalue weighted by Crippen LogP contribution is -2.44. The minimum atomic E-state index is -1.56. The fraction of sp³-hybridized carbons (Fsp3) is 0.500. The number of nitrogens with one attached hydrogen (secondary N) is 1. The van der Waals surface area contributed by atoms with Crippen molar-refractivity contribution in [1.29, 1.82) is 0 Å². The van der Waals surface area contributed by atoms with Crippen molar-refractivity contribution in [1.82, 2.24) is 24.8 Å². The van der Waals surface area contributed by atoms with Crippen LogP contribution in [0.2, 0.25) is 0 Å². The molecule has 27 heavy (non-hydrogen) atoms. The van der Waals surface area contributed by atoms with E-state index in [0.29, 0.717) is 0 Å². The van der Waals surface area contributed by atoms with Crippen LogP contribution in [0.4, 0.5) is 15.0 Å². The number of nitrogens with two attached hydrogens (primary N) is 1. The molecule has 1 saturated heterocycles. The van der Waals surface area contributed by atoms with Gasteiger partial charge in [-0.1, -0.05) is 5.92 Å². The predicted molar refractivity (Wildman–Crippen MR) is 91.6 cm³/mol. The van der Waals surface area contributed by atoms with Gasteiger partial charge in [-0.3, -0.25) is 4.57 Å². The Hall–Kier alpha value is -2.97. The minimum absolute atomic E-state index is 0.0519. The largest absolute Gasteiger partial charge is 0.445 e. The highest BCUT2D eigenvalue weighted by Crippen LogP contribution is 2.38. The molecule has 4 N–H and O–H groups in total. The van der Waals surface area contributed by atoms with Gasteiger partial charge in [-0.05, 0) is 13.8 Å². The fourth-order valence-corrected chi connectivity index (χ4v) is 2.79. The number of anilines is 1. The number of halogens is 1. The average molecular weight is 378 g/mol. The van der Waals surface area contributed by atoms with Gasteiger partial charge in [0.15, 0.2) is 22.6 Å². The third kappa shape index (κ3) is 3.49. The van der Waals surface area contributed by atoms with Crippen molar-refractivity contribution in [3.05, 3.63) is 12.4 Å². The molecule has 0 unspecified atom stereocenters. The number of nitrogens with zero attached hydrogens (tertiary/aromatic N) is 4. The van der Waals surface area contributed by atoms with Crippen LogP contribution in [0, 0.1) is 18.4 Å². The van der Waals surface area contributed by atoms with Gasteiger partial charge in [-0.15, -0.1) is 6.42 Å². The highest BCUT2D eigenvalue weighted by molar-refractivity contribution is 5.81. The highest BCUT2D eigenvalue weighted by Gasteiger charge is 2.49. The Kier molecular flexibility index (Phi) is 4.86. The Morgan fingerprint density at radius 1 is 1.67 bits per heavy atom. The van der Waals surface area contributed by atoms with Gasteiger partial charge in [-0.25, -0.2) is 9.78 Å². The number of ether oxygens (including phenoxy) is 2. The molecule has 144 valence electrons. The van der Waals surface area contributed by atoms with Crippen LogP contribution < -0.4 is 11.1 Å². The molecular weight excluding hydrogens is 359 g/mol. The summed E-state index contributed by atoms with van der Waals surface area (Å²) in [6, 6.07) is -0.126. The lowest BCUT2D eigenvalue weighted by Gasteiger charge is -2.26. The summed E-state index contributed by atoms with van der Waals surface area (Å²) >= 11 is 0. The molecule has 3 atom stereocenters. The summed E-state index contributed by atoms with van der Waals surface area (Å²) in [5, 5.41) is 13.0. The highest BCUT2D eigenvalue weighted by atomic mass is 19.1. The number of fused-ring (bicyclic) bond motifs is 1. The van der Waals surface area contributed by atoms with Crippen LogP contribution in [0.3, 0.4) is 0 Å². The van der Waals surface area contributed by atoms with Crippen molar-refractivity contribution < 1.29 is 23.8 Å². The molecule has 1 fully saturated rings. The van der Waals surface area contributed by atoms with E-state index in [9.17, 15) is 14.3 Å². The first-order valence-corrected chi connectivity index (χ1v) is 8.18. The van der Waals surface area contributed by atoms with Crippen molar-refractivity contribution in [3.63, 3.8) is 0 Å². The number of hydrogen-bond donors (Lipinski definition) is 3. The van der Waals surface area contributed by atoms with E-state index in [1.165, 1.54) is 10.9 Å². The number of amides is 1. The maximum atomic E-state index is 13.5. The number of rotatable bonds is 4. The summed E-state index contributed by atoms with van der Waals surface area (Å²) in [5.41, 5.74) is 4.37. The lowest BCUT2D eigenvalue weighted by molar-refractivity contribution is -0.0911. The molecule has 10 nitrogen and oxygen atoms in total. The Bertz CT molecular complexity index is 910. The quantitative estimate of drug-likeness (QED) is 0.511. The van der Waals surface area contributed by atoms with Gasteiger partial charge in [0.05, 0.1) is 6.33 Å². The van der Waals surface area contributed by atoms with E-state index in [2.05, 4.69) is 26.2 Å². The zero-order valence-electron chi connectivity index (χ0n) is 14.7. The zero-order valence-corrected chi connectivity index (χ0v) is 14.7. The zero-order chi connectivity index (χ0) is 19.8. The van der Waals surface area contributed by atoms with Crippen molar-refractivity contribution in [2.45, 2.75) is 44.2 Å². The summed E-state index contributed by atoms with van der Waals surface area (Å²) < 4.78 is 25.8. The monoisotopic (exact) mass is 378 g/mol. The number of aliphatic hydroxyl groups excluding tert-OH is 1. The van der Waals surface area contributed by atoms with Crippen molar-refractivity contribution in [2.75, 3.05) is 12.3 Å². The number of alkyl carbamates (subject to hydrolysis) is 1. The van der Waals surface area contributed by atoms with Crippen molar-refractivity contribution in [3.8, 4) is 12.3 Å². The van der Waals surface area contributed by atoms with E-state index in [1.54, 1.807) is 13.8 Å². The normalized spacial score (nSPS) is 24.9. The van der Waals surface area contributed by atoms with E-state index in [-0.39, 0.29) is 36.1 Å². The molecule has 2 aromatic heterocycles. The number of aliphatic hydroxyl groups is 1. The second-order valence-electron chi connectivity index (χ2n) is 6.43. The SMILES string of the molecule is C#C[C@]1(COC(=O)NC(C)C)O[C@@H](n2cnc3c(N)nc(F)nc32)C[C@@H]1O. The molecule has 0 bridgehead atoms. The van der Waals surface area contributed by atoms with Crippen molar-refractivity contribution >= 4 is 23.1 Å². The summed E-state index contributed by atoms with van der Waals surface area (Å²) in [7, 11) is 0. The van der Waals surface area contributed by atoms with E-state index in [1.807, 2.05) is 0 Å². The third-order valence-electron chi connectivity index (χ3n) is 4.11. The molecule has 0 radical (unpaired) electrons. The Morgan fingerprint density at radius 2 is 2.41 bits per heavy atom. The first kappa shape index (κ1) is 18.8. The number of nitrogen functional groups attached to an aromatic ring is 1. The molecular formula is C16H19FN6O4. The van der Waals surface area contributed by atoms with Gasteiger partial charge >= 0.3 is 12.2 Å². The minimum Gasteiger partial charge on any atom is -0.445 e. The average Bonchev–Trinajstić information content (AvgIpc) is 3.14. The number of aromatic nitrogens is 4. The Labute approximate surface area is 153 Å². The molecule has 0 aromatic carbocycles. The summed E-state index contributed by atoms with van der Waals surface area (Å²) in [6.45, 7) is 3.18. The molecule has 3 heterocycles. The second kappa shape index (κ2) is 6.98. The molecule has 1 amide bonds. The smallest absolute Gasteiger partial charge is 0.407 e. The Morgan fingerprint density at radius 3 is 3.07 bits per heavy atom. The maximum Gasteiger partial charge on any atom is 0.407 e. The van der Waals surface area contributed by atoms with Crippen LogP contribution in [0.25, 0.3) is 11.2 Å². The number of carbonyl (C=O) groups excluding carboxylic acids is 1. The lowest BCUT2D eigenvalue weighted by atomic mass is 9.99. The van der Waals surface area contributed by atoms with Gasteiger partial charge in [0.1, 0.15) is 18.9 Å². The summed E-state index contributed by atoms with van der Waals surface area (Å²) in [4.78, 5) is 22.8. The third-order valence-corrected chi connectivity index (χ3v) is 4.11. The van der Waals surface area contributed by atoms with Gasteiger partial charge in [0.2, 0.25) is 0 Å². The summed E-state index contributed by atoms with van der Waals surface area (Å²) in [5.74, 6) is 2.24. The van der Waals surface area contributed by atoms with E-state index < -0.39 is 30.1 Å². The van der Waals surface area contributed by atoms with Crippen LogP contribution in [-0.4, -0.2) is 55.1 Å². The fourth-order valence-electron chi connectivity index (χ4n) is 2.79. The number of carbonyl (C=O) groups is 1. The Balaban J connectivity index is 1.83. The standard InChI is InChI=1S/C16H19FN6O4/c1-4-16(6-26-15(25)20-8(2)3)9(24)5-10(27-16)23-7-19-11-12(18)21-14(17)22-13(11)23/h1,7-10,24H,5-6H2,2-3H3,(H,20,25)(H2,18,21,22)/t9-,10+,16+/m0/s1. The number of imidazole rings is 1. The molecule has 0 saturated carbocycles. The first-order chi connectivity index (χ1) is 12.8. The van der Waals surface area contributed by atoms with Gasteiger partial charge in [-0.2, -0.15) is 14.4 Å².